The van der Waals surface area contributed by atoms with Gasteiger partial charge in [0.15, 0.2) is 0 Å². The van der Waals surface area contributed by atoms with E-state index < -0.39 is 29.5 Å². The van der Waals surface area contributed by atoms with Crippen molar-refractivity contribution in [3.05, 3.63) is 34.9 Å². The molecule has 4 nitrogen and oxygen atoms in total. The Hall–Kier alpha value is -1.76. The number of carbonyl (C=O) groups is 1. The van der Waals surface area contributed by atoms with Crippen molar-refractivity contribution in [3.8, 4) is 0 Å². The maximum absolute atomic E-state index is 12.7. The highest BCUT2D eigenvalue weighted by molar-refractivity contribution is 5.68. The molecule has 2 rings (SSSR count). The molecule has 1 aliphatic rings. The summed E-state index contributed by atoms with van der Waals surface area (Å²) in [5.74, 6) is 0. The standard InChI is InChI=1S/C15H18F3NO3/c1-14(2,3)22-13(20)19-12-8-21-7-9-6-10(15(16,17)18)4-5-11(9)12/h4-6,12H,7-8H2,1-3H3,(H,19,20)/t12-/m1/s1. The number of alkyl carbamates (subject to hydrolysis) is 1. The second kappa shape index (κ2) is 5.79. The molecular weight excluding hydrogens is 299 g/mol. The molecule has 1 aliphatic heterocycles. The fraction of sp³-hybridized carbons (Fsp3) is 0.533. The first-order valence-corrected chi connectivity index (χ1v) is 6.83. The van der Waals surface area contributed by atoms with Crippen LogP contribution in [0.15, 0.2) is 18.2 Å². The molecule has 1 amide bonds. The van der Waals surface area contributed by atoms with Crippen LogP contribution < -0.4 is 5.32 Å². The topological polar surface area (TPSA) is 47.6 Å². The molecule has 1 aromatic rings. The van der Waals surface area contributed by atoms with Gasteiger partial charge in [-0.15, -0.1) is 0 Å². The molecule has 1 N–H and O–H groups in total. The first-order valence-electron chi connectivity index (χ1n) is 6.83. The van der Waals surface area contributed by atoms with Crippen LogP contribution in [0.4, 0.5) is 18.0 Å². The first-order chi connectivity index (χ1) is 10.1. The van der Waals surface area contributed by atoms with Crippen molar-refractivity contribution in [2.75, 3.05) is 6.61 Å². The van der Waals surface area contributed by atoms with Crippen LogP contribution >= 0.6 is 0 Å². The van der Waals surface area contributed by atoms with Gasteiger partial charge in [0, 0.05) is 0 Å². The summed E-state index contributed by atoms with van der Waals surface area (Å²) in [6.07, 6.45) is -5.03. The molecule has 1 atom stereocenters. The third-order valence-corrected chi connectivity index (χ3v) is 3.08. The quantitative estimate of drug-likeness (QED) is 0.857. The highest BCUT2D eigenvalue weighted by Gasteiger charge is 2.33. The largest absolute Gasteiger partial charge is 0.444 e. The van der Waals surface area contributed by atoms with Crippen molar-refractivity contribution in [1.82, 2.24) is 5.32 Å². The summed E-state index contributed by atoms with van der Waals surface area (Å²) in [6, 6.07) is 2.91. The van der Waals surface area contributed by atoms with Crippen LogP contribution in [-0.4, -0.2) is 18.3 Å². The molecule has 1 heterocycles. The summed E-state index contributed by atoms with van der Waals surface area (Å²) in [5.41, 5.74) is -0.345. The van der Waals surface area contributed by atoms with E-state index in [1.165, 1.54) is 6.07 Å². The van der Waals surface area contributed by atoms with Crippen LogP contribution in [0.3, 0.4) is 0 Å². The van der Waals surface area contributed by atoms with E-state index in [9.17, 15) is 18.0 Å². The van der Waals surface area contributed by atoms with Crippen molar-refractivity contribution >= 4 is 6.09 Å². The van der Waals surface area contributed by atoms with Gasteiger partial charge in [-0.05, 0) is 44.0 Å². The van der Waals surface area contributed by atoms with E-state index in [1.807, 2.05) is 0 Å². The number of alkyl halides is 3. The summed E-state index contributed by atoms with van der Waals surface area (Å²) in [4.78, 5) is 11.8. The van der Waals surface area contributed by atoms with Crippen molar-refractivity contribution in [1.29, 1.82) is 0 Å². The van der Waals surface area contributed by atoms with Crippen LogP contribution in [-0.2, 0) is 22.3 Å². The van der Waals surface area contributed by atoms with Gasteiger partial charge in [0.25, 0.3) is 0 Å². The average molecular weight is 317 g/mol. The lowest BCUT2D eigenvalue weighted by Crippen LogP contribution is -2.38. The summed E-state index contributed by atoms with van der Waals surface area (Å²) in [6.45, 7) is 5.47. The normalized spacial score (nSPS) is 18.5. The smallest absolute Gasteiger partial charge is 0.416 e. The second-order valence-electron chi connectivity index (χ2n) is 6.13. The van der Waals surface area contributed by atoms with Crippen LogP contribution in [0, 0.1) is 0 Å². The number of halogens is 3. The van der Waals surface area contributed by atoms with E-state index in [1.54, 1.807) is 20.8 Å². The van der Waals surface area contributed by atoms with Gasteiger partial charge in [-0.3, -0.25) is 0 Å². The Morgan fingerprint density at radius 1 is 1.32 bits per heavy atom. The van der Waals surface area contributed by atoms with E-state index in [4.69, 9.17) is 9.47 Å². The van der Waals surface area contributed by atoms with Crippen LogP contribution in [0.25, 0.3) is 0 Å². The van der Waals surface area contributed by atoms with Crippen LogP contribution in [0.1, 0.15) is 43.5 Å². The highest BCUT2D eigenvalue weighted by Crippen LogP contribution is 2.33. The van der Waals surface area contributed by atoms with Gasteiger partial charge in [-0.1, -0.05) is 6.07 Å². The van der Waals surface area contributed by atoms with Crippen LogP contribution in [0.2, 0.25) is 0 Å². The lowest BCUT2D eigenvalue weighted by Gasteiger charge is -2.28. The van der Waals surface area contributed by atoms with Crippen molar-refractivity contribution in [3.63, 3.8) is 0 Å². The van der Waals surface area contributed by atoms with Crippen molar-refractivity contribution in [2.45, 2.75) is 45.2 Å². The van der Waals surface area contributed by atoms with Crippen molar-refractivity contribution in [2.24, 2.45) is 0 Å². The number of benzene rings is 1. The minimum absolute atomic E-state index is 0.0890. The molecule has 0 aliphatic carbocycles. The number of amides is 1. The van der Waals surface area contributed by atoms with E-state index in [0.717, 1.165) is 12.1 Å². The molecule has 0 saturated carbocycles. The Kier molecular flexibility index (Phi) is 4.37. The fourth-order valence-electron chi connectivity index (χ4n) is 2.19. The Morgan fingerprint density at radius 3 is 2.59 bits per heavy atom. The summed E-state index contributed by atoms with van der Waals surface area (Å²) >= 11 is 0. The second-order valence-corrected chi connectivity index (χ2v) is 6.13. The SMILES string of the molecule is CC(C)(C)OC(=O)N[C@@H]1COCc2cc(C(F)(F)F)ccc21. The molecule has 1 aromatic carbocycles. The van der Waals surface area contributed by atoms with Gasteiger partial charge < -0.3 is 14.8 Å². The number of hydrogen-bond donors (Lipinski definition) is 1. The fourth-order valence-corrected chi connectivity index (χ4v) is 2.19. The molecule has 22 heavy (non-hydrogen) atoms. The predicted octanol–water partition coefficient (Wildman–Crippen LogP) is 3.80. The Bertz CT molecular complexity index is 564. The molecule has 0 radical (unpaired) electrons. The Balaban J connectivity index is 2.17. The summed E-state index contributed by atoms with van der Waals surface area (Å²) < 4.78 is 48.6. The first kappa shape index (κ1) is 16.6. The minimum Gasteiger partial charge on any atom is -0.444 e. The molecule has 7 heteroatoms. The molecule has 0 fully saturated rings. The zero-order valence-corrected chi connectivity index (χ0v) is 12.6. The predicted molar refractivity (Wildman–Crippen MR) is 73.2 cm³/mol. The van der Waals surface area contributed by atoms with Gasteiger partial charge in [-0.25, -0.2) is 4.79 Å². The number of fused-ring (bicyclic) bond motifs is 1. The molecule has 0 spiro atoms. The van der Waals surface area contributed by atoms with E-state index in [0.29, 0.717) is 11.1 Å². The number of carbonyl (C=O) groups excluding carboxylic acids is 1. The number of rotatable bonds is 1. The third kappa shape index (κ3) is 4.13. The van der Waals surface area contributed by atoms with E-state index in [-0.39, 0.29) is 13.2 Å². The van der Waals surface area contributed by atoms with Gasteiger partial charge in [0.2, 0.25) is 0 Å². The Labute approximate surface area is 126 Å². The summed E-state index contributed by atoms with van der Waals surface area (Å²) in [7, 11) is 0. The monoisotopic (exact) mass is 317 g/mol. The lowest BCUT2D eigenvalue weighted by molar-refractivity contribution is -0.137. The van der Waals surface area contributed by atoms with Gasteiger partial charge in [-0.2, -0.15) is 13.2 Å². The van der Waals surface area contributed by atoms with E-state index >= 15 is 0 Å². The molecule has 0 aromatic heterocycles. The number of hydrogen-bond acceptors (Lipinski definition) is 3. The van der Waals surface area contributed by atoms with E-state index in [2.05, 4.69) is 5.32 Å². The van der Waals surface area contributed by atoms with Gasteiger partial charge in [0.05, 0.1) is 24.8 Å². The molecule has 0 unspecified atom stereocenters. The molecule has 122 valence electrons. The Morgan fingerprint density at radius 2 is 2.00 bits per heavy atom. The van der Waals surface area contributed by atoms with Gasteiger partial charge in [0.1, 0.15) is 5.60 Å². The number of ether oxygens (including phenoxy) is 2. The minimum atomic E-state index is -4.40. The lowest BCUT2D eigenvalue weighted by atomic mass is 9.96. The number of nitrogens with one attached hydrogen (secondary N) is 1. The van der Waals surface area contributed by atoms with Crippen molar-refractivity contribution < 1.29 is 27.4 Å². The zero-order chi connectivity index (χ0) is 16.5. The molecule has 0 saturated heterocycles. The molecular formula is C15H18F3NO3. The highest BCUT2D eigenvalue weighted by atomic mass is 19.4. The zero-order valence-electron chi connectivity index (χ0n) is 12.6. The molecule has 0 bridgehead atoms. The third-order valence-electron chi connectivity index (χ3n) is 3.08. The average Bonchev–Trinajstić information content (AvgIpc) is 2.35. The summed E-state index contributed by atoms with van der Waals surface area (Å²) in [5, 5.41) is 2.62. The maximum Gasteiger partial charge on any atom is 0.416 e. The maximum atomic E-state index is 12.7. The van der Waals surface area contributed by atoms with Gasteiger partial charge >= 0.3 is 12.3 Å². The van der Waals surface area contributed by atoms with Crippen LogP contribution in [0.5, 0.6) is 0 Å².